The van der Waals surface area contributed by atoms with Crippen LogP contribution in [-0.4, -0.2) is 29.3 Å². The Bertz CT molecular complexity index is 996. The molecule has 28 heavy (non-hydrogen) atoms. The molecule has 2 aromatic carbocycles. The van der Waals surface area contributed by atoms with Crippen LogP contribution in [0.5, 0.6) is 0 Å². The summed E-state index contributed by atoms with van der Waals surface area (Å²) in [6.07, 6.45) is 2.09. The smallest absolute Gasteiger partial charge is 0.324 e. The van der Waals surface area contributed by atoms with Gasteiger partial charge in [-0.15, -0.1) is 0 Å². The molecule has 1 atom stereocenters. The number of fused-ring (bicyclic) bond motifs is 2. The number of nitrogens with one attached hydrogen (secondary N) is 2. The first kappa shape index (κ1) is 18.4. The Labute approximate surface area is 165 Å². The monoisotopic (exact) mass is 401 g/mol. The first-order chi connectivity index (χ1) is 13.4. The highest BCUT2D eigenvalue weighted by atomic mass is 35.5. The van der Waals surface area contributed by atoms with Crippen molar-refractivity contribution in [2.75, 3.05) is 11.9 Å². The van der Waals surface area contributed by atoms with Gasteiger partial charge in [0.05, 0.1) is 5.02 Å². The molecule has 1 spiro atoms. The number of rotatable bonds is 3. The van der Waals surface area contributed by atoms with Crippen LogP contribution in [0.3, 0.4) is 0 Å². The van der Waals surface area contributed by atoms with E-state index in [9.17, 15) is 18.8 Å². The molecule has 6 nitrogen and oxygen atoms in total. The number of carbonyl (C=O) groups excluding carboxylic acids is 3. The fourth-order valence-corrected chi connectivity index (χ4v) is 4.05. The van der Waals surface area contributed by atoms with Crippen molar-refractivity contribution in [1.82, 2.24) is 10.2 Å². The van der Waals surface area contributed by atoms with Gasteiger partial charge in [-0.2, -0.15) is 0 Å². The lowest BCUT2D eigenvalue weighted by atomic mass is 9.76. The molecule has 1 saturated heterocycles. The average Bonchev–Trinajstić information content (AvgIpc) is 2.90. The summed E-state index contributed by atoms with van der Waals surface area (Å²) in [5.74, 6) is -1.61. The number of hydrogen-bond acceptors (Lipinski definition) is 3. The highest BCUT2D eigenvalue weighted by molar-refractivity contribution is 6.31. The molecule has 1 heterocycles. The summed E-state index contributed by atoms with van der Waals surface area (Å²) in [7, 11) is 0. The van der Waals surface area contributed by atoms with Crippen molar-refractivity contribution in [2.45, 2.75) is 24.8 Å². The summed E-state index contributed by atoms with van der Waals surface area (Å²) >= 11 is 5.70. The van der Waals surface area contributed by atoms with E-state index in [0.29, 0.717) is 6.42 Å². The number of imide groups is 1. The number of carbonyl (C=O) groups is 3. The van der Waals surface area contributed by atoms with Gasteiger partial charge in [-0.1, -0.05) is 35.9 Å². The van der Waals surface area contributed by atoms with Gasteiger partial charge >= 0.3 is 6.03 Å². The zero-order chi connectivity index (χ0) is 19.9. The molecule has 1 aliphatic carbocycles. The predicted molar refractivity (Wildman–Crippen MR) is 101 cm³/mol. The molecular formula is C20H17ClFN3O3. The molecule has 4 rings (SSSR count). The van der Waals surface area contributed by atoms with Crippen LogP contribution in [0.4, 0.5) is 14.9 Å². The molecule has 2 N–H and O–H groups in total. The van der Waals surface area contributed by atoms with Crippen LogP contribution in [0.2, 0.25) is 5.02 Å². The molecule has 0 aromatic heterocycles. The summed E-state index contributed by atoms with van der Waals surface area (Å²) in [5, 5.41) is 5.19. The van der Waals surface area contributed by atoms with Crippen molar-refractivity contribution in [1.29, 1.82) is 0 Å². The Hall–Kier alpha value is -2.93. The van der Waals surface area contributed by atoms with Crippen LogP contribution in [-0.2, 0) is 21.5 Å². The minimum Gasteiger partial charge on any atom is -0.324 e. The molecule has 0 radical (unpaired) electrons. The summed E-state index contributed by atoms with van der Waals surface area (Å²) in [6, 6.07) is 10.7. The quantitative estimate of drug-likeness (QED) is 0.775. The van der Waals surface area contributed by atoms with Gasteiger partial charge in [-0.3, -0.25) is 14.5 Å². The lowest BCUT2D eigenvalue weighted by Crippen LogP contribution is -2.47. The van der Waals surface area contributed by atoms with E-state index in [-0.39, 0.29) is 10.7 Å². The van der Waals surface area contributed by atoms with Gasteiger partial charge in [-0.05, 0) is 48.6 Å². The lowest BCUT2D eigenvalue weighted by Gasteiger charge is -2.33. The predicted octanol–water partition coefficient (Wildman–Crippen LogP) is 3.20. The molecule has 0 saturated carbocycles. The van der Waals surface area contributed by atoms with E-state index in [1.165, 1.54) is 12.1 Å². The van der Waals surface area contributed by atoms with Crippen LogP contribution in [0.1, 0.15) is 24.0 Å². The Morgan fingerprint density at radius 2 is 2.04 bits per heavy atom. The van der Waals surface area contributed by atoms with Crippen LogP contribution in [0, 0.1) is 5.82 Å². The van der Waals surface area contributed by atoms with Crippen LogP contribution >= 0.6 is 11.6 Å². The number of halogens is 2. The normalized spacial score (nSPS) is 20.9. The van der Waals surface area contributed by atoms with Crippen molar-refractivity contribution in [3.63, 3.8) is 0 Å². The van der Waals surface area contributed by atoms with Gasteiger partial charge in [0.15, 0.2) is 0 Å². The lowest BCUT2D eigenvalue weighted by molar-refractivity contribution is -0.134. The van der Waals surface area contributed by atoms with Gasteiger partial charge < -0.3 is 10.6 Å². The number of amides is 4. The van der Waals surface area contributed by atoms with E-state index >= 15 is 0 Å². The Morgan fingerprint density at radius 1 is 1.25 bits per heavy atom. The molecule has 1 fully saturated rings. The van der Waals surface area contributed by atoms with Crippen molar-refractivity contribution in [3.05, 3.63) is 64.4 Å². The van der Waals surface area contributed by atoms with Gasteiger partial charge in [0.2, 0.25) is 5.91 Å². The second kappa shape index (κ2) is 6.91. The zero-order valence-electron chi connectivity index (χ0n) is 14.8. The van der Waals surface area contributed by atoms with Crippen molar-refractivity contribution in [3.8, 4) is 0 Å². The SMILES string of the molecule is O=C(CN1C(=O)N[C@]2(CCCc3ccccc32)C1=O)Nc1ccc(F)c(Cl)c1. The number of anilines is 1. The topological polar surface area (TPSA) is 78.5 Å². The summed E-state index contributed by atoms with van der Waals surface area (Å²) in [6.45, 7) is -0.441. The third-order valence-electron chi connectivity index (χ3n) is 5.16. The number of nitrogens with zero attached hydrogens (tertiary/aromatic N) is 1. The van der Waals surface area contributed by atoms with Gasteiger partial charge in [-0.25, -0.2) is 9.18 Å². The van der Waals surface area contributed by atoms with Crippen molar-refractivity contribution in [2.24, 2.45) is 0 Å². The Morgan fingerprint density at radius 3 is 2.82 bits per heavy atom. The third-order valence-corrected chi connectivity index (χ3v) is 5.45. The Balaban J connectivity index is 1.54. The van der Waals surface area contributed by atoms with Gasteiger partial charge in [0.25, 0.3) is 5.91 Å². The third kappa shape index (κ3) is 3.01. The Kier molecular flexibility index (Phi) is 4.55. The molecule has 0 unspecified atom stereocenters. The maximum Gasteiger partial charge on any atom is 0.325 e. The van der Waals surface area contributed by atoms with E-state index in [4.69, 9.17) is 11.6 Å². The van der Waals surface area contributed by atoms with Crippen LogP contribution in [0.25, 0.3) is 0 Å². The van der Waals surface area contributed by atoms with E-state index in [1.807, 2.05) is 24.3 Å². The molecule has 4 amide bonds. The molecule has 0 bridgehead atoms. The van der Waals surface area contributed by atoms with E-state index < -0.39 is 35.7 Å². The summed E-state index contributed by atoms with van der Waals surface area (Å²) in [4.78, 5) is 38.9. The molecule has 2 aromatic rings. The fraction of sp³-hybridized carbons (Fsp3) is 0.250. The maximum absolute atomic E-state index is 13.2. The zero-order valence-corrected chi connectivity index (χ0v) is 15.6. The number of urea groups is 1. The van der Waals surface area contributed by atoms with E-state index in [1.54, 1.807) is 0 Å². The van der Waals surface area contributed by atoms with E-state index in [0.717, 1.165) is 34.9 Å². The molecule has 2 aliphatic rings. The number of benzene rings is 2. The second-order valence-corrected chi connectivity index (χ2v) is 7.32. The molecule has 144 valence electrons. The minimum atomic E-state index is -1.12. The summed E-state index contributed by atoms with van der Waals surface area (Å²) in [5.41, 5.74) is 0.967. The highest BCUT2D eigenvalue weighted by Crippen LogP contribution is 2.39. The first-order valence-electron chi connectivity index (χ1n) is 8.88. The van der Waals surface area contributed by atoms with Crippen molar-refractivity contribution >= 4 is 35.1 Å². The van der Waals surface area contributed by atoms with Crippen LogP contribution < -0.4 is 10.6 Å². The number of hydrogen-bond donors (Lipinski definition) is 2. The van der Waals surface area contributed by atoms with Gasteiger partial charge in [0.1, 0.15) is 17.9 Å². The maximum atomic E-state index is 13.2. The minimum absolute atomic E-state index is 0.134. The van der Waals surface area contributed by atoms with E-state index in [2.05, 4.69) is 10.6 Å². The van der Waals surface area contributed by atoms with Crippen LogP contribution in [0.15, 0.2) is 42.5 Å². The first-order valence-corrected chi connectivity index (χ1v) is 9.26. The van der Waals surface area contributed by atoms with Crippen molar-refractivity contribution < 1.29 is 18.8 Å². The standard InChI is InChI=1S/C20H17ClFN3O3/c21-15-10-13(7-8-16(15)22)23-17(26)11-25-18(27)20(24-19(25)28)9-3-5-12-4-1-2-6-14(12)20/h1-2,4,6-8,10H,3,5,9,11H2,(H,23,26)(H,24,28)/t20-/m0/s1. The summed E-state index contributed by atoms with van der Waals surface area (Å²) < 4.78 is 13.2. The van der Waals surface area contributed by atoms with Gasteiger partial charge in [0, 0.05) is 5.69 Å². The molecule has 8 heteroatoms. The number of aryl methyl sites for hydroxylation is 1. The average molecular weight is 402 g/mol. The second-order valence-electron chi connectivity index (χ2n) is 6.91. The highest BCUT2D eigenvalue weighted by Gasteiger charge is 2.54. The molecule has 1 aliphatic heterocycles. The fourth-order valence-electron chi connectivity index (χ4n) is 3.87. The largest absolute Gasteiger partial charge is 0.325 e. The molecular weight excluding hydrogens is 385 g/mol.